The van der Waals surface area contributed by atoms with Gasteiger partial charge in [0, 0.05) is 12.6 Å². The zero-order valence-electron chi connectivity index (χ0n) is 6.96. The fourth-order valence-electron chi connectivity index (χ4n) is 0.651. The predicted octanol–water partition coefficient (Wildman–Crippen LogP) is 1.72. The molecule has 0 bridgehead atoms. The lowest BCUT2D eigenvalue weighted by Crippen LogP contribution is -2.20. The van der Waals surface area contributed by atoms with E-state index in [0.29, 0.717) is 11.7 Å². The summed E-state index contributed by atoms with van der Waals surface area (Å²) in [4.78, 5) is 10.8. The largest absolute Gasteiger partial charge is 0.268 e. The average Bonchev–Trinajstić information content (AvgIpc) is 2.13. The number of halogens is 1. The molecule has 0 spiro atoms. The summed E-state index contributed by atoms with van der Waals surface area (Å²) in [6.45, 7) is 8.39. The lowest BCUT2D eigenvalue weighted by molar-refractivity contribution is 0.616. The molecule has 1 aromatic heterocycles. The molecule has 1 aromatic rings. The van der Waals surface area contributed by atoms with E-state index in [0.717, 1.165) is 0 Å². The first-order chi connectivity index (χ1) is 5.74. The summed E-state index contributed by atoms with van der Waals surface area (Å²) in [5, 5.41) is 4.11. The summed E-state index contributed by atoms with van der Waals surface area (Å²) in [5.41, 5.74) is -0.119. The van der Waals surface area contributed by atoms with Crippen molar-refractivity contribution in [3.8, 4) is 0 Å². The Labute approximate surface area is 76.3 Å². The smallest absolute Gasteiger partial charge is 0.266 e. The van der Waals surface area contributed by atoms with Crippen LogP contribution in [0.25, 0.3) is 0 Å². The fourth-order valence-corrected chi connectivity index (χ4v) is 0.805. The van der Waals surface area contributed by atoms with Crippen LogP contribution in [0.15, 0.2) is 30.1 Å². The van der Waals surface area contributed by atoms with Crippen molar-refractivity contribution in [2.24, 2.45) is 0 Å². The summed E-state index contributed by atoms with van der Waals surface area (Å²) in [5.74, 6) is 0. The normalized spacial score (nSPS) is 8.50. The quantitative estimate of drug-likeness (QED) is 0.626. The van der Waals surface area contributed by atoms with Crippen molar-refractivity contribution < 1.29 is 0 Å². The van der Waals surface area contributed by atoms with E-state index < -0.39 is 0 Å². The van der Waals surface area contributed by atoms with Crippen molar-refractivity contribution in [2.75, 3.05) is 0 Å². The maximum Gasteiger partial charge on any atom is 0.266 e. The average molecular weight is 187 g/mol. The van der Waals surface area contributed by atoms with Crippen LogP contribution in [-0.4, -0.2) is 9.78 Å². The maximum atomic E-state index is 10.8. The first kappa shape index (κ1) is 10.9. The van der Waals surface area contributed by atoms with Crippen LogP contribution in [0.5, 0.6) is 0 Å². The zero-order chi connectivity index (χ0) is 9.56. The van der Waals surface area contributed by atoms with Gasteiger partial charge in [-0.2, -0.15) is 5.10 Å². The molecule has 1 rings (SSSR count). The number of rotatable bonds is 1. The van der Waals surface area contributed by atoms with Gasteiger partial charge in [0.25, 0.3) is 5.56 Å². The van der Waals surface area contributed by atoms with E-state index in [-0.39, 0.29) is 5.56 Å². The molecule has 0 amide bonds. The van der Waals surface area contributed by atoms with Gasteiger partial charge in [-0.05, 0) is 13.0 Å². The summed E-state index contributed by atoms with van der Waals surface area (Å²) in [6, 6.07) is 2.88. The van der Waals surface area contributed by atoms with Crippen molar-refractivity contribution in [3.05, 3.63) is 40.8 Å². The molecular weight excluding hydrogens is 176 g/mol. The number of hydrogen-bond acceptors (Lipinski definition) is 2. The van der Waals surface area contributed by atoms with Crippen molar-refractivity contribution >= 4 is 11.6 Å². The minimum Gasteiger partial charge on any atom is -0.268 e. The zero-order valence-corrected chi connectivity index (χ0v) is 7.71. The molecular formula is C8H11ClN2O. The van der Waals surface area contributed by atoms with Crippen molar-refractivity contribution in [1.29, 1.82) is 0 Å². The van der Waals surface area contributed by atoms with Crippen LogP contribution in [0.3, 0.4) is 0 Å². The SMILES string of the molecule is C=C.CCn1nc(Cl)ccc1=O. The van der Waals surface area contributed by atoms with E-state index in [4.69, 9.17) is 11.6 Å². The lowest BCUT2D eigenvalue weighted by Gasteiger charge is -1.97. The first-order valence-electron chi connectivity index (χ1n) is 3.47. The van der Waals surface area contributed by atoms with Crippen LogP contribution < -0.4 is 5.56 Å². The molecule has 0 fully saturated rings. The molecule has 0 radical (unpaired) electrons. The molecule has 1 heterocycles. The minimum atomic E-state index is -0.119. The second-order valence-corrected chi connectivity index (χ2v) is 2.20. The van der Waals surface area contributed by atoms with E-state index in [2.05, 4.69) is 18.3 Å². The molecule has 66 valence electrons. The van der Waals surface area contributed by atoms with Gasteiger partial charge in [0.15, 0.2) is 0 Å². The molecule has 4 heteroatoms. The van der Waals surface area contributed by atoms with Gasteiger partial charge in [-0.25, -0.2) is 4.68 Å². The fraction of sp³-hybridized carbons (Fsp3) is 0.250. The van der Waals surface area contributed by atoms with E-state index in [9.17, 15) is 4.79 Å². The molecule has 0 aliphatic heterocycles. The highest BCUT2D eigenvalue weighted by molar-refractivity contribution is 6.29. The van der Waals surface area contributed by atoms with Gasteiger partial charge >= 0.3 is 0 Å². The second kappa shape index (κ2) is 5.55. The number of nitrogens with zero attached hydrogens (tertiary/aromatic N) is 2. The molecule has 0 atom stereocenters. The van der Waals surface area contributed by atoms with Crippen LogP contribution in [-0.2, 0) is 6.54 Å². The van der Waals surface area contributed by atoms with Gasteiger partial charge < -0.3 is 0 Å². The Morgan fingerprint density at radius 3 is 2.58 bits per heavy atom. The third-order valence-corrected chi connectivity index (χ3v) is 1.34. The standard InChI is InChI=1S/C6H7ClN2O.C2H4/c1-2-9-6(10)4-3-5(7)8-9;1-2/h3-4H,2H2,1H3;1-2H2. The van der Waals surface area contributed by atoms with E-state index in [1.807, 2.05) is 6.92 Å². The van der Waals surface area contributed by atoms with Gasteiger partial charge in [-0.1, -0.05) is 11.6 Å². The van der Waals surface area contributed by atoms with E-state index >= 15 is 0 Å². The minimum absolute atomic E-state index is 0.119. The van der Waals surface area contributed by atoms with Crippen LogP contribution >= 0.6 is 11.6 Å². The lowest BCUT2D eigenvalue weighted by atomic mass is 10.6. The third-order valence-electron chi connectivity index (χ3n) is 1.13. The van der Waals surface area contributed by atoms with Crippen molar-refractivity contribution in [2.45, 2.75) is 13.5 Å². The predicted molar refractivity (Wildman–Crippen MR) is 50.4 cm³/mol. The highest BCUT2D eigenvalue weighted by Crippen LogP contribution is 1.96. The van der Waals surface area contributed by atoms with Crippen LogP contribution in [0, 0.1) is 0 Å². The van der Waals surface area contributed by atoms with Crippen LogP contribution in [0.4, 0.5) is 0 Å². The monoisotopic (exact) mass is 186 g/mol. The number of hydrogen-bond donors (Lipinski definition) is 0. The number of aryl methyl sites for hydroxylation is 1. The molecule has 0 aliphatic carbocycles. The van der Waals surface area contributed by atoms with Gasteiger partial charge in [0.2, 0.25) is 0 Å². The first-order valence-corrected chi connectivity index (χ1v) is 3.85. The molecule has 3 nitrogen and oxygen atoms in total. The maximum absolute atomic E-state index is 10.8. The van der Waals surface area contributed by atoms with Crippen LogP contribution in [0.2, 0.25) is 5.15 Å². The molecule has 0 saturated heterocycles. The Kier molecular flexibility index (Phi) is 5.04. The van der Waals surface area contributed by atoms with Crippen LogP contribution in [0.1, 0.15) is 6.92 Å². The summed E-state index contributed by atoms with van der Waals surface area (Å²) in [6.07, 6.45) is 0. The van der Waals surface area contributed by atoms with Crippen molar-refractivity contribution in [1.82, 2.24) is 9.78 Å². The van der Waals surface area contributed by atoms with Gasteiger partial charge in [0.05, 0.1) is 0 Å². The summed E-state index contributed by atoms with van der Waals surface area (Å²) >= 11 is 5.52. The molecule has 0 saturated carbocycles. The van der Waals surface area contributed by atoms with Gasteiger partial charge in [-0.15, -0.1) is 13.2 Å². The van der Waals surface area contributed by atoms with Gasteiger partial charge in [0.1, 0.15) is 5.15 Å². The van der Waals surface area contributed by atoms with Crippen molar-refractivity contribution in [3.63, 3.8) is 0 Å². The summed E-state index contributed by atoms with van der Waals surface area (Å²) < 4.78 is 1.31. The molecule has 0 aliphatic rings. The Bertz CT molecular complexity index is 295. The molecule has 0 aromatic carbocycles. The molecule has 0 unspecified atom stereocenters. The third kappa shape index (κ3) is 2.88. The topological polar surface area (TPSA) is 34.9 Å². The Balaban J connectivity index is 0.000000561. The second-order valence-electron chi connectivity index (χ2n) is 1.81. The Morgan fingerprint density at radius 1 is 1.58 bits per heavy atom. The van der Waals surface area contributed by atoms with E-state index in [1.54, 1.807) is 0 Å². The van der Waals surface area contributed by atoms with Gasteiger partial charge in [-0.3, -0.25) is 4.79 Å². The number of aromatic nitrogens is 2. The highest BCUT2D eigenvalue weighted by atomic mass is 35.5. The Morgan fingerprint density at radius 2 is 2.17 bits per heavy atom. The molecule has 12 heavy (non-hydrogen) atoms. The Hall–Kier alpha value is -1.09. The highest BCUT2D eigenvalue weighted by Gasteiger charge is 1.93. The summed E-state index contributed by atoms with van der Waals surface area (Å²) in [7, 11) is 0. The van der Waals surface area contributed by atoms with E-state index in [1.165, 1.54) is 16.8 Å². The molecule has 0 N–H and O–H groups in total.